The van der Waals surface area contributed by atoms with E-state index in [1.165, 1.54) is 18.2 Å². The maximum absolute atomic E-state index is 12.9. The summed E-state index contributed by atoms with van der Waals surface area (Å²) >= 11 is 6.29. The average molecular weight is 471 g/mol. The van der Waals surface area contributed by atoms with Crippen molar-refractivity contribution in [1.29, 1.82) is 0 Å². The summed E-state index contributed by atoms with van der Waals surface area (Å²) in [6.07, 6.45) is 0. The number of nitrogens with one attached hydrogen (secondary N) is 1. The number of rotatable bonds is 5. The van der Waals surface area contributed by atoms with Crippen LogP contribution < -0.4 is 14.4 Å². The van der Waals surface area contributed by atoms with Crippen molar-refractivity contribution in [3.63, 3.8) is 0 Å². The number of benzene rings is 3. The molecule has 0 aliphatic carbocycles. The number of amides is 2. The number of hydrogen-bond donors (Lipinski definition) is 1. The van der Waals surface area contributed by atoms with Crippen molar-refractivity contribution in [2.75, 3.05) is 15.4 Å². The molecule has 0 bridgehead atoms. The smallest absolute Gasteiger partial charge is 0.257 e. The third kappa shape index (κ3) is 4.32. The zero-order valence-electron chi connectivity index (χ0n) is 17.0. The van der Waals surface area contributed by atoms with Gasteiger partial charge in [-0.2, -0.15) is 0 Å². The van der Waals surface area contributed by atoms with Crippen LogP contribution in [0.25, 0.3) is 0 Å². The molecule has 3 aromatic rings. The minimum Gasteiger partial charge on any atom is -0.455 e. The first-order valence-corrected chi connectivity index (χ1v) is 11.7. The first-order chi connectivity index (χ1) is 15.3. The summed E-state index contributed by atoms with van der Waals surface area (Å²) < 4.78 is 31.2. The molecule has 0 spiro atoms. The molecular weight excluding hydrogens is 452 g/mol. The van der Waals surface area contributed by atoms with Gasteiger partial charge in [-0.3, -0.25) is 9.59 Å². The molecule has 4 rings (SSSR count). The van der Waals surface area contributed by atoms with Crippen LogP contribution in [0.2, 0.25) is 5.02 Å². The largest absolute Gasteiger partial charge is 0.455 e. The number of para-hydroxylation sites is 3. The Bertz CT molecular complexity index is 1290. The summed E-state index contributed by atoms with van der Waals surface area (Å²) in [6, 6.07) is 20.2. The van der Waals surface area contributed by atoms with Crippen LogP contribution in [0.3, 0.4) is 0 Å². The molecule has 32 heavy (non-hydrogen) atoms. The first-order valence-electron chi connectivity index (χ1n) is 9.76. The minimum atomic E-state index is -3.76. The Morgan fingerprint density at radius 3 is 2.41 bits per heavy atom. The Labute approximate surface area is 190 Å². The number of hydrogen-bond acceptors (Lipinski definition) is 5. The quantitative estimate of drug-likeness (QED) is 0.583. The highest BCUT2D eigenvalue weighted by atomic mass is 35.5. The lowest BCUT2D eigenvalue weighted by molar-refractivity contribution is -0.119. The maximum Gasteiger partial charge on any atom is 0.257 e. The van der Waals surface area contributed by atoms with Gasteiger partial charge in [0.2, 0.25) is 15.9 Å². The Morgan fingerprint density at radius 2 is 1.75 bits per heavy atom. The Morgan fingerprint density at radius 1 is 1.06 bits per heavy atom. The van der Waals surface area contributed by atoms with Crippen LogP contribution in [0, 0.1) is 5.92 Å². The predicted molar refractivity (Wildman–Crippen MR) is 123 cm³/mol. The lowest BCUT2D eigenvalue weighted by atomic mass is 10.1. The molecule has 2 amide bonds. The van der Waals surface area contributed by atoms with E-state index in [9.17, 15) is 18.0 Å². The van der Waals surface area contributed by atoms with Gasteiger partial charge < -0.3 is 10.1 Å². The molecule has 164 valence electrons. The molecule has 9 heteroatoms. The Balaban J connectivity index is 1.57. The number of ether oxygens (including phenoxy) is 1. The highest BCUT2D eigenvalue weighted by molar-refractivity contribution is 7.94. The Kier molecular flexibility index (Phi) is 5.90. The van der Waals surface area contributed by atoms with E-state index in [4.69, 9.17) is 16.3 Å². The van der Waals surface area contributed by atoms with Crippen molar-refractivity contribution in [2.45, 2.75) is 6.92 Å². The van der Waals surface area contributed by atoms with Gasteiger partial charge >= 0.3 is 0 Å². The molecule has 0 saturated carbocycles. The molecular formula is C23H19ClN2O5S. The van der Waals surface area contributed by atoms with E-state index in [1.54, 1.807) is 43.3 Å². The third-order valence-corrected chi connectivity index (χ3v) is 7.08. The lowest BCUT2D eigenvalue weighted by Gasteiger charge is -2.17. The number of nitrogens with zero attached hydrogens (tertiary/aromatic N) is 1. The molecule has 1 aliphatic rings. The second-order valence-electron chi connectivity index (χ2n) is 7.31. The molecule has 3 aromatic carbocycles. The normalized spacial score (nSPS) is 17.2. The number of sulfonamides is 1. The predicted octanol–water partition coefficient (Wildman–Crippen LogP) is 4.70. The van der Waals surface area contributed by atoms with Crippen LogP contribution >= 0.6 is 11.6 Å². The summed E-state index contributed by atoms with van der Waals surface area (Å²) in [5, 5.41) is 2.78. The Hall–Kier alpha value is -3.36. The second-order valence-corrected chi connectivity index (χ2v) is 9.58. The zero-order chi connectivity index (χ0) is 22.9. The van der Waals surface area contributed by atoms with Gasteiger partial charge in [0.25, 0.3) is 5.91 Å². The van der Waals surface area contributed by atoms with E-state index in [0.29, 0.717) is 17.2 Å². The van der Waals surface area contributed by atoms with Crippen molar-refractivity contribution in [3.8, 4) is 11.5 Å². The maximum atomic E-state index is 12.9. The average Bonchev–Trinajstić information content (AvgIpc) is 2.96. The van der Waals surface area contributed by atoms with Gasteiger partial charge in [0.05, 0.1) is 33.6 Å². The van der Waals surface area contributed by atoms with Gasteiger partial charge in [-0.1, -0.05) is 48.9 Å². The van der Waals surface area contributed by atoms with Crippen LogP contribution in [-0.2, 0) is 14.8 Å². The number of anilines is 2. The van der Waals surface area contributed by atoms with Crippen LogP contribution in [0.5, 0.6) is 11.5 Å². The van der Waals surface area contributed by atoms with Crippen molar-refractivity contribution in [3.05, 3.63) is 83.4 Å². The fourth-order valence-electron chi connectivity index (χ4n) is 3.37. The van der Waals surface area contributed by atoms with E-state index < -0.39 is 27.8 Å². The number of carbonyl (C=O) groups excluding carboxylic acids is 2. The second kappa shape index (κ2) is 8.64. The van der Waals surface area contributed by atoms with Crippen molar-refractivity contribution < 1.29 is 22.7 Å². The van der Waals surface area contributed by atoms with Crippen molar-refractivity contribution >= 4 is 44.8 Å². The number of halogens is 1. The van der Waals surface area contributed by atoms with Gasteiger partial charge in [0.1, 0.15) is 5.75 Å². The summed E-state index contributed by atoms with van der Waals surface area (Å²) in [5.74, 6) is -0.864. The first kappa shape index (κ1) is 21.9. The molecule has 1 fully saturated rings. The molecule has 1 saturated heterocycles. The van der Waals surface area contributed by atoms with Crippen LogP contribution in [0.15, 0.2) is 72.8 Å². The molecule has 1 aliphatic heterocycles. The topological polar surface area (TPSA) is 92.8 Å². The molecule has 0 radical (unpaired) electrons. The molecule has 1 heterocycles. The fraction of sp³-hybridized carbons (Fsp3) is 0.130. The third-order valence-electron chi connectivity index (χ3n) is 4.90. The highest BCUT2D eigenvalue weighted by Gasteiger charge is 2.42. The molecule has 7 nitrogen and oxygen atoms in total. The van der Waals surface area contributed by atoms with Gasteiger partial charge in [-0.25, -0.2) is 12.7 Å². The lowest BCUT2D eigenvalue weighted by Crippen LogP contribution is -2.30. The van der Waals surface area contributed by atoms with Crippen molar-refractivity contribution in [2.24, 2.45) is 5.92 Å². The minimum absolute atomic E-state index is 0.0176. The molecule has 0 aromatic heterocycles. The van der Waals surface area contributed by atoms with E-state index in [0.717, 1.165) is 4.31 Å². The fourth-order valence-corrected chi connectivity index (χ4v) is 5.44. The molecule has 1 atom stereocenters. The summed E-state index contributed by atoms with van der Waals surface area (Å²) in [6.45, 7) is 1.55. The summed E-state index contributed by atoms with van der Waals surface area (Å²) in [4.78, 5) is 25.2. The van der Waals surface area contributed by atoms with Crippen LogP contribution in [0.4, 0.5) is 11.4 Å². The van der Waals surface area contributed by atoms with Gasteiger partial charge in [-0.15, -0.1) is 0 Å². The van der Waals surface area contributed by atoms with Gasteiger partial charge in [0.15, 0.2) is 5.75 Å². The molecule has 0 unspecified atom stereocenters. The van der Waals surface area contributed by atoms with Gasteiger partial charge in [0, 0.05) is 0 Å². The monoisotopic (exact) mass is 470 g/mol. The summed E-state index contributed by atoms with van der Waals surface area (Å²) in [7, 11) is -3.76. The SMILES string of the molecule is C[C@H]1CS(=O)(=O)N(c2ccc(C(=O)Nc3ccccc3Oc3ccccc3)c(Cl)c2)C1=O. The van der Waals surface area contributed by atoms with E-state index >= 15 is 0 Å². The number of carbonyl (C=O) groups is 2. The molecule has 1 N–H and O–H groups in total. The standard InChI is InChI=1S/C23H19ClN2O5S/c1-15-14-32(29,30)26(23(15)28)16-11-12-18(19(24)13-16)22(27)25-20-9-5-6-10-21(20)31-17-7-3-2-4-8-17/h2-13,15H,14H2,1H3,(H,25,27)/t15-/m0/s1. The van der Waals surface area contributed by atoms with Crippen molar-refractivity contribution in [1.82, 2.24) is 0 Å². The zero-order valence-corrected chi connectivity index (χ0v) is 18.6. The summed E-state index contributed by atoms with van der Waals surface area (Å²) in [5.41, 5.74) is 0.670. The highest BCUT2D eigenvalue weighted by Crippen LogP contribution is 2.33. The van der Waals surface area contributed by atoms with E-state index in [1.807, 2.05) is 18.2 Å². The van der Waals surface area contributed by atoms with Crippen LogP contribution in [-0.4, -0.2) is 26.0 Å². The van der Waals surface area contributed by atoms with E-state index in [2.05, 4.69) is 5.32 Å². The van der Waals surface area contributed by atoms with Crippen LogP contribution in [0.1, 0.15) is 17.3 Å². The van der Waals surface area contributed by atoms with Gasteiger partial charge in [-0.05, 0) is 42.5 Å². The van der Waals surface area contributed by atoms with E-state index in [-0.39, 0.29) is 22.0 Å².